The molecule has 11 heteroatoms. The summed E-state index contributed by atoms with van der Waals surface area (Å²) in [6.45, 7) is -2.98. The highest BCUT2D eigenvalue weighted by Gasteiger charge is 2.59. The van der Waals surface area contributed by atoms with Crippen molar-refractivity contribution in [1.82, 2.24) is 0 Å². The van der Waals surface area contributed by atoms with E-state index in [4.69, 9.17) is 20.1 Å². The second-order valence-corrected chi connectivity index (χ2v) is 5.53. The van der Waals surface area contributed by atoms with Crippen molar-refractivity contribution in [2.24, 2.45) is 0 Å². The molecule has 10 N–H and O–H groups in total. The number of rotatable bonds is 7. The van der Waals surface area contributed by atoms with Gasteiger partial charge >= 0.3 is 0 Å². The fourth-order valence-corrected chi connectivity index (χ4v) is 2.59. The van der Waals surface area contributed by atoms with Crippen LogP contribution in [0.25, 0.3) is 0 Å². The van der Waals surface area contributed by atoms with Crippen LogP contribution >= 0.6 is 0 Å². The lowest BCUT2D eigenvalue weighted by Gasteiger charge is -2.50. The van der Waals surface area contributed by atoms with Gasteiger partial charge in [-0.05, 0) is 0 Å². The van der Waals surface area contributed by atoms with Gasteiger partial charge in [0.05, 0.1) is 19.8 Å². The summed E-state index contributed by atoms with van der Waals surface area (Å²) >= 11 is 0. The maximum Gasteiger partial charge on any atom is 0.150 e. The van der Waals surface area contributed by atoms with Gasteiger partial charge in [-0.1, -0.05) is 0 Å². The van der Waals surface area contributed by atoms with Crippen molar-refractivity contribution in [2.75, 3.05) is 19.8 Å². The molecule has 0 saturated carbocycles. The van der Waals surface area contributed by atoms with E-state index in [0.717, 1.165) is 0 Å². The third-order valence-electron chi connectivity index (χ3n) is 4.08. The smallest absolute Gasteiger partial charge is 0.150 e. The zero-order chi connectivity index (χ0) is 17.9. The molecule has 1 heterocycles. The van der Waals surface area contributed by atoms with Crippen LogP contribution in [0, 0.1) is 0 Å². The Balaban J connectivity index is 3.24. The van der Waals surface area contributed by atoms with E-state index in [1.54, 1.807) is 0 Å². The number of hydrogen-bond acceptors (Lipinski definition) is 11. The molecular formula is C12H24O11. The minimum Gasteiger partial charge on any atom is -0.394 e. The van der Waals surface area contributed by atoms with E-state index < -0.39 is 74.3 Å². The van der Waals surface area contributed by atoms with Gasteiger partial charge in [-0.2, -0.15) is 0 Å². The first-order chi connectivity index (χ1) is 10.7. The van der Waals surface area contributed by atoms with Crippen molar-refractivity contribution in [1.29, 1.82) is 0 Å². The monoisotopic (exact) mass is 344 g/mol. The second-order valence-electron chi connectivity index (χ2n) is 5.53. The number of aliphatic hydroxyl groups is 10. The molecule has 1 aliphatic rings. The van der Waals surface area contributed by atoms with E-state index >= 15 is 0 Å². The summed E-state index contributed by atoms with van der Waals surface area (Å²) in [7, 11) is 0. The van der Waals surface area contributed by atoms with E-state index in [9.17, 15) is 35.7 Å². The van der Waals surface area contributed by atoms with Crippen molar-refractivity contribution >= 4 is 0 Å². The Morgan fingerprint density at radius 1 is 0.870 bits per heavy atom. The van der Waals surface area contributed by atoms with Gasteiger partial charge in [-0.15, -0.1) is 0 Å². The number of hydrogen-bond donors (Lipinski definition) is 10. The summed E-state index contributed by atoms with van der Waals surface area (Å²) < 4.78 is 5.05. The molecule has 0 radical (unpaired) electrons. The van der Waals surface area contributed by atoms with Crippen LogP contribution < -0.4 is 0 Å². The van der Waals surface area contributed by atoms with Gasteiger partial charge in [0.15, 0.2) is 0 Å². The predicted molar refractivity (Wildman–Crippen MR) is 70.9 cm³/mol. The Bertz CT molecular complexity index is 367. The van der Waals surface area contributed by atoms with Crippen molar-refractivity contribution in [3.63, 3.8) is 0 Å². The molecule has 1 aliphatic heterocycles. The average molecular weight is 344 g/mol. The lowest BCUT2D eigenvalue weighted by Crippen LogP contribution is -2.73. The van der Waals surface area contributed by atoms with Crippen LogP contribution in [0.5, 0.6) is 0 Å². The topological polar surface area (TPSA) is 212 Å². The highest BCUT2D eigenvalue weighted by molar-refractivity contribution is 5.08. The van der Waals surface area contributed by atoms with Crippen molar-refractivity contribution in [3.8, 4) is 0 Å². The lowest BCUT2D eigenvalue weighted by atomic mass is 9.76. The molecule has 11 nitrogen and oxygen atoms in total. The van der Waals surface area contributed by atoms with Crippen LogP contribution in [0.3, 0.4) is 0 Å². The molecule has 0 aromatic heterocycles. The van der Waals surface area contributed by atoms with E-state index in [1.807, 2.05) is 0 Å². The zero-order valence-corrected chi connectivity index (χ0v) is 12.1. The molecule has 23 heavy (non-hydrogen) atoms. The van der Waals surface area contributed by atoms with Gasteiger partial charge in [-0.25, -0.2) is 0 Å². The first kappa shape index (κ1) is 20.6. The van der Waals surface area contributed by atoms with Crippen molar-refractivity contribution in [2.45, 2.75) is 54.4 Å². The summed E-state index contributed by atoms with van der Waals surface area (Å²) in [5.74, 6) is 0. The molecule has 0 aliphatic carbocycles. The highest BCUT2D eigenvalue weighted by atomic mass is 16.6. The van der Waals surface area contributed by atoms with Gasteiger partial charge in [0, 0.05) is 0 Å². The van der Waals surface area contributed by atoms with Crippen LogP contribution in [-0.4, -0.2) is 125 Å². The van der Waals surface area contributed by atoms with Crippen molar-refractivity contribution in [3.05, 3.63) is 0 Å². The third kappa shape index (κ3) is 3.65. The Labute approximate surface area is 131 Å². The standard InChI is InChI=1S/C12H24O11/c13-1-4(16)10(21)12(22,6(17)3-15)11-9(20)8(19)7(18)5(2-14)23-11/h4-11,13-22H,1-3H2/t4-,5+,6+,7-,8-,9+,10+,11+,12+/m0/s1. The average Bonchev–Trinajstić information content (AvgIpc) is 2.56. The maximum absolute atomic E-state index is 10.6. The first-order valence-corrected chi connectivity index (χ1v) is 6.95. The van der Waals surface area contributed by atoms with Gasteiger partial charge in [-0.3, -0.25) is 0 Å². The summed E-state index contributed by atoms with van der Waals surface area (Å²) in [5.41, 5.74) is -2.93. The first-order valence-electron chi connectivity index (χ1n) is 6.95. The quantitative estimate of drug-likeness (QED) is 0.210. The van der Waals surface area contributed by atoms with E-state index in [2.05, 4.69) is 0 Å². The molecule has 138 valence electrons. The summed E-state index contributed by atoms with van der Waals surface area (Å²) in [6, 6.07) is 0. The molecule has 0 amide bonds. The normalized spacial score (nSPS) is 38.6. The van der Waals surface area contributed by atoms with Crippen LogP contribution in [-0.2, 0) is 4.74 Å². The van der Waals surface area contributed by atoms with Crippen LogP contribution in [0.1, 0.15) is 0 Å². The minimum absolute atomic E-state index is 0.828. The predicted octanol–water partition coefficient (Wildman–Crippen LogP) is -6.37. The Hall–Kier alpha value is -0.440. The Morgan fingerprint density at radius 3 is 1.87 bits per heavy atom. The largest absolute Gasteiger partial charge is 0.394 e. The van der Waals surface area contributed by atoms with Gasteiger partial charge < -0.3 is 55.8 Å². The van der Waals surface area contributed by atoms with Gasteiger partial charge in [0.25, 0.3) is 0 Å². The van der Waals surface area contributed by atoms with E-state index in [1.165, 1.54) is 0 Å². The molecule has 1 rings (SSSR count). The minimum atomic E-state index is -2.93. The molecule has 0 spiro atoms. The van der Waals surface area contributed by atoms with E-state index in [-0.39, 0.29) is 0 Å². The summed E-state index contributed by atoms with van der Waals surface area (Å²) in [6.07, 6.45) is -15.6. The Kier molecular flexibility index (Phi) is 7.25. The molecule has 9 atom stereocenters. The molecule has 0 aromatic rings. The molecule has 0 unspecified atom stereocenters. The molecular weight excluding hydrogens is 320 g/mol. The van der Waals surface area contributed by atoms with Crippen molar-refractivity contribution < 1.29 is 55.8 Å². The van der Waals surface area contributed by atoms with Crippen LogP contribution in [0.2, 0.25) is 0 Å². The maximum atomic E-state index is 10.6. The summed E-state index contributed by atoms with van der Waals surface area (Å²) in [4.78, 5) is 0. The molecule has 0 bridgehead atoms. The molecule has 1 fully saturated rings. The SMILES string of the molecule is OC[C@@H](O)[C@@](O)([C@H](O)[C@@H](O)CO)[C@@H]1O[C@H](CO)[C@H](O)[C@H](O)[C@H]1O. The second kappa shape index (κ2) is 8.09. The number of aliphatic hydroxyl groups excluding tert-OH is 9. The highest BCUT2D eigenvalue weighted by Crippen LogP contribution is 2.34. The molecule has 1 saturated heterocycles. The van der Waals surface area contributed by atoms with Gasteiger partial charge in [0.2, 0.25) is 0 Å². The number of ether oxygens (including phenoxy) is 1. The summed E-state index contributed by atoms with van der Waals surface area (Å²) in [5, 5.41) is 96.4. The Morgan fingerprint density at radius 2 is 1.43 bits per heavy atom. The van der Waals surface area contributed by atoms with Gasteiger partial charge in [0.1, 0.15) is 54.4 Å². The zero-order valence-electron chi connectivity index (χ0n) is 12.1. The fourth-order valence-electron chi connectivity index (χ4n) is 2.59. The van der Waals surface area contributed by atoms with Crippen LogP contribution in [0.15, 0.2) is 0 Å². The lowest BCUT2D eigenvalue weighted by molar-refractivity contribution is -0.312. The fraction of sp³-hybridized carbons (Fsp3) is 1.00. The van der Waals surface area contributed by atoms with E-state index in [0.29, 0.717) is 0 Å². The molecule has 0 aromatic carbocycles. The third-order valence-corrected chi connectivity index (χ3v) is 4.08. The van der Waals surface area contributed by atoms with Crippen LogP contribution in [0.4, 0.5) is 0 Å².